The highest BCUT2D eigenvalue weighted by Crippen LogP contribution is 2.22. The van der Waals surface area contributed by atoms with Gasteiger partial charge in [-0.3, -0.25) is 0 Å². The van der Waals surface area contributed by atoms with E-state index in [0.29, 0.717) is 6.04 Å². The van der Waals surface area contributed by atoms with Crippen LogP contribution in [0.3, 0.4) is 0 Å². The maximum Gasteiger partial charge on any atom is 0.183 e. The fourth-order valence-corrected chi connectivity index (χ4v) is 2.47. The van der Waals surface area contributed by atoms with E-state index in [2.05, 4.69) is 29.4 Å². The lowest BCUT2D eigenvalue weighted by Crippen LogP contribution is -2.19. The normalized spacial score (nSPS) is 21.1. The average Bonchev–Trinajstić information content (AvgIpc) is 2.67. The lowest BCUT2D eigenvalue weighted by Gasteiger charge is -2.18. The van der Waals surface area contributed by atoms with E-state index in [1.54, 1.807) is 11.3 Å². The molecule has 0 bridgehead atoms. The monoisotopic (exact) mass is 208 g/mol. The van der Waals surface area contributed by atoms with Gasteiger partial charge in [-0.2, -0.15) is 0 Å². The van der Waals surface area contributed by atoms with Crippen molar-refractivity contribution in [3.63, 3.8) is 0 Å². The van der Waals surface area contributed by atoms with E-state index >= 15 is 0 Å². The number of allylic oxidation sites excluding steroid dienone is 1. The molecule has 3 heteroatoms. The van der Waals surface area contributed by atoms with Crippen molar-refractivity contribution < 1.29 is 0 Å². The van der Waals surface area contributed by atoms with Crippen molar-refractivity contribution in [3.05, 3.63) is 23.2 Å². The van der Waals surface area contributed by atoms with Gasteiger partial charge in [0.15, 0.2) is 5.13 Å². The lowest BCUT2D eigenvalue weighted by molar-refractivity contribution is 0.644. The largest absolute Gasteiger partial charge is 0.358 e. The van der Waals surface area contributed by atoms with Gasteiger partial charge in [0.25, 0.3) is 0 Å². The predicted octanol–water partition coefficient (Wildman–Crippen LogP) is 3.23. The molecule has 0 aromatic carbocycles. The minimum atomic E-state index is 0.593. The van der Waals surface area contributed by atoms with Gasteiger partial charge in [0.05, 0.1) is 0 Å². The van der Waals surface area contributed by atoms with Crippen LogP contribution in [0, 0.1) is 0 Å². The van der Waals surface area contributed by atoms with Crippen LogP contribution in [-0.4, -0.2) is 11.0 Å². The van der Waals surface area contributed by atoms with E-state index in [4.69, 9.17) is 0 Å². The summed E-state index contributed by atoms with van der Waals surface area (Å²) in [5.41, 5.74) is 0. The first-order chi connectivity index (χ1) is 6.88. The Balaban J connectivity index is 1.93. The van der Waals surface area contributed by atoms with Crippen molar-refractivity contribution in [3.8, 4) is 0 Å². The third-order valence-corrected chi connectivity index (χ3v) is 3.57. The molecular formula is C11H16N2S. The standard InChI is InChI=1S/C11H16N2S/c1-2-10-8-12-11(14-10)13-9-6-4-3-5-7-9/h3-4,8-9H,2,5-7H2,1H3,(H,12,13). The van der Waals surface area contributed by atoms with Crippen LogP contribution in [0.25, 0.3) is 0 Å². The number of anilines is 1. The Morgan fingerprint density at radius 2 is 2.50 bits per heavy atom. The Hall–Kier alpha value is -0.830. The van der Waals surface area contributed by atoms with Gasteiger partial charge in [-0.05, 0) is 25.7 Å². The summed E-state index contributed by atoms with van der Waals surface area (Å²) in [5, 5.41) is 4.58. The molecule has 0 aliphatic heterocycles. The summed E-state index contributed by atoms with van der Waals surface area (Å²) in [4.78, 5) is 5.72. The molecule has 0 spiro atoms. The van der Waals surface area contributed by atoms with E-state index < -0.39 is 0 Å². The molecule has 0 fully saturated rings. The number of rotatable bonds is 3. The molecule has 0 saturated carbocycles. The van der Waals surface area contributed by atoms with Gasteiger partial charge in [-0.25, -0.2) is 4.98 Å². The zero-order chi connectivity index (χ0) is 9.80. The molecule has 2 rings (SSSR count). The highest BCUT2D eigenvalue weighted by molar-refractivity contribution is 7.15. The number of thiazole rings is 1. The summed E-state index contributed by atoms with van der Waals surface area (Å²) in [7, 11) is 0. The first-order valence-corrected chi connectivity index (χ1v) is 6.06. The Labute approximate surface area is 89.1 Å². The van der Waals surface area contributed by atoms with Crippen LogP contribution in [0.1, 0.15) is 31.1 Å². The second-order valence-electron chi connectivity index (χ2n) is 3.61. The van der Waals surface area contributed by atoms with Gasteiger partial charge in [0.2, 0.25) is 0 Å². The quantitative estimate of drug-likeness (QED) is 0.771. The zero-order valence-electron chi connectivity index (χ0n) is 8.49. The second-order valence-corrected chi connectivity index (χ2v) is 4.73. The van der Waals surface area contributed by atoms with Crippen LogP contribution in [-0.2, 0) is 6.42 Å². The predicted molar refractivity (Wildman–Crippen MR) is 61.9 cm³/mol. The third-order valence-electron chi connectivity index (χ3n) is 2.50. The minimum Gasteiger partial charge on any atom is -0.358 e. The van der Waals surface area contributed by atoms with Crippen LogP contribution in [0.2, 0.25) is 0 Å². The molecule has 1 N–H and O–H groups in total. The van der Waals surface area contributed by atoms with Crippen LogP contribution < -0.4 is 5.32 Å². The van der Waals surface area contributed by atoms with Crippen molar-refractivity contribution in [2.24, 2.45) is 0 Å². The molecule has 0 saturated heterocycles. The van der Waals surface area contributed by atoms with E-state index in [0.717, 1.165) is 18.0 Å². The van der Waals surface area contributed by atoms with Crippen LogP contribution in [0.5, 0.6) is 0 Å². The molecular weight excluding hydrogens is 192 g/mol. The maximum atomic E-state index is 4.36. The molecule has 1 heterocycles. The fraction of sp³-hybridized carbons (Fsp3) is 0.545. The highest BCUT2D eigenvalue weighted by atomic mass is 32.1. The minimum absolute atomic E-state index is 0.593. The summed E-state index contributed by atoms with van der Waals surface area (Å²) in [6.45, 7) is 2.17. The van der Waals surface area contributed by atoms with Crippen LogP contribution in [0.15, 0.2) is 18.3 Å². The van der Waals surface area contributed by atoms with Gasteiger partial charge in [-0.15, -0.1) is 11.3 Å². The summed E-state index contributed by atoms with van der Waals surface area (Å²) in [6, 6.07) is 0.593. The highest BCUT2D eigenvalue weighted by Gasteiger charge is 2.10. The van der Waals surface area contributed by atoms with E-state index in [1.807, 2.05) is 6.20 Å². The fourth-order valence-electron chi connectivity index (χ4n) is 1.64. The van der Waals surface area contributed by atoms with Crippen LogP contribution in [0.4, 0.5) is 5.13 Å². The summed E-state index contributed by atoms with van der Waals surface area (Å²) < 4.78 is 0. The smallest absolute Gasteiger partial charge is 0.183 e. The van der Waals surface area contributed by atoms with Gasteiger partial charge in [-0.1, -0.05) is 19.1 Å². The zero-order valence-corrected chi connectivity index (χ0v) is 9.31. The number of hydrogen-bond acceptors (Lipinski definition) is 3. The molecule has 14 heavy (non-hydrogen) atoms. The SMILES string of the molecule is CCc1cnc(NC2CC=CCC2)s1. The van der Waals surface area contributed by atoms with E-state index in [-0.39, 0.29) is 0 Å². The summed E-state index contributed by atoms with van der Waals surface area (Å²) >= 11 is 1.78. The molecule has 0 radical (unpaired) electrons. The first kappa shape index (κ1) is 9.71. The molecule has 1 aliphatic carbocycles. The maximum absolute atomic E-state index is 4.36. The first-order valence-electron chi connectivity index (χ1n) is 5.24. The Bertz CT molecular complexity index is 317. The number of hydrogen-bond donors (Lipinski definition) is 1. The van der Waals surface area contributed by atoms with Crippen molar-refractivity contribution >= 4 is 16.5 Å². The molecule has 1 aromatic rings. The molecule has 0 amide bonds. The molecule has 1 unspecified atom stereocenters. The van der Waals surface area contributed by atoms with Gasteiger partial charge in [0, 0.05) is 17.1 Å². The summed E-state index contributed by atoms with van der Waals surface area (Å²) in [6.07, 6.45) is 11.2. The van der Waals surface area contributed by atoms with Crippen LogP contribution >= 0.6 is 11.3 Å². The number of aryl methyl sites for hydroxylation is 1. The van der Waals surface area contributed by atoms with Crippen molar-refractivity contribution in [1.29, 1.82) is 0 Å². The van der Waals surface area contributed by atoms with E-state index in [9.17, 15) is 0 Å². The summed E-state index contributed by atoms with van der Waals surface area (Å²) in [5.74, 6) is 0. The number of nitrogens with one attached hydrogen (secondary N) is 1. The Morgan fingerprint density at radius 1 is 1.57 bits per heavy atom. The van der Waals surface area contributed by atoms with Gasteiger partial charge >= 0.3 is 0 Å². The number of nitrogens with zero attached hydrogens (tertiary/aromatic N) is 1. The lowest BCUT2D eigenvalue weighted by atomic mass is 10.0. The van der Waals surface area contributed by atoms with Gasteiger partial charge in [0.1, 0.15) is 0 Å². The third kappa shape index (κ3) is 2.35. The van der Waals surface area contributed by atoms with E-state index in [1.165, 1.54) is 17.7 Å². The topological polar surface area (TPSA) is 24.9 Å². The molecule has 76 valence electrons. The number of aromatic nitrogens is 1. The molecule has 1 aliphatic rings. The molecule has 2 nitrogen and oxygen atoms in total. The average molecular weight is 208 g/mol. The Kier molecular flexibility index (Phi) is 3.19. The van der Waals surface area contributed by atoms with Crippen molar-refractivity contribution in [2.75, 3.05) is 5.32 Å². The van der Waals surface area contributed by atoms with Gasteiger partial charge < -0.3 is 5.32 Å². The van der Waals surface area contributed by atoms with Crippen molar-refractivity contribution in [1.82, 2.24) is 4.98 Å². The van der Waals surface area contributed by atoms with Crippen molar-refractivity contribution in [2.45, 2.75) is 38.6 Å². The second kappa shape index (κ2) is 4.60. The molecule has 1 atom stereocenters. The Morgan fingerprint density at radius 3 is 3.14 bits per heavy atom. The molecule has 1 aromatic heterocycles.